The summed E-state index contributed by atoms with van der Waals surface area (Å²) in [4.78, 5) is 23.6. The van der Waals surface area contributed by atoms with E-state index < -0.39 is 0 Å². The number of fused-ring (bicyclic) bond motifs is 5. The van der Waals surface area contributed by atoms with Crippen molar-refractivity contribution in [3.8, 4) is 0 Å². The molecular formula is C26H36O3. The van der Waals surface area contributed by atoms with Gasteiger partial charge < -0.3 is 9.53 Å². The predicted molar refractivity (Wildman–Crippen MR) is 113 cm³/mol. The van der Waals surface area contributed by atoms with Gasteiger partial charge in [-0.05, 0) is 97.0 Å². The summed E-state index contributed by atoms with van der Waals surface area (Å²) in [6, 6.07) is 0. The monoisotopic (exact) mass is 396 g/mol. The van der Waals surface area contributed by atoms with Crippen LogP contribution in [0.4, 0.5) is 0 Å². The molecule has 0 radical (unpaired) electrons. The molecule has 3 heteroatoms. The van der Waals surface area contributed by atoms with E-state index in [4.69, 9.17) is 4.74 Å². The molecule has 0 aromatic carbocycles. The average molecular weight is 397 g/mol. The number of hydrogen-bond acceptors (Lipinski definition) is 3. The van der Waals surface area contributed by atoms with Crippen molar-refractivity contribution < 1.29 is 14.3 Å². The van der Waals surface area contributed by atoms with Crippen LogP contribution >= 0.6 is 0 Å². The summed E-state index contributed by atoms with van der Waals surface area (Å²) in [7, 11) is 0. The van der Waals surface area contributed by atoms with Gasteiger partial charge in [0.15, 0.2) is 0 Å². The van der Waals surface area contributed by atoms with Crippen LogP contribution in [-0.4, -0.2) is 25.3 Å². The minimum absolute atomic E-state index is 0.113. The second-order valence-electron chi connectivity index (χ2n) is 11.1. The molecule has 2 saturated carbocycles. The van der Waals surface area contributed by atoms with Crippen molar-refractivity contribution in [2.45, 2.75) is 78.2 Å². The average Bonchev–Trinajstić information content (AvgIpc) is 3.33. The fourth-order valence-electron chi connectivity index (χ4n) is 8.41. The topological polar surface area (TPSA) is 43.4 Å². The van der Waals surface area contributed by atoms with Gasteiger partial charge in [0.1, 0.15) is 12.6 Å². The van der Waals surface area contributed by atoms with Gasteiger partial charge in [-0.2, -0.15) is 0 Å². The predicted octanol–water partition coefficient (Wildman–Crippen LogP) is 5.29. The Kier molecular flexibility index (Phi) is 4.70. The van der Waals surface area contributed by atoms with Crippen molar-refractivity contribution in [1.82, 2.24) is 0 Å². The largest absolute Gasteiger partial charge is 0.374 e. The summed E-state index contributed by atoms with van der Waals surface area (Å²) in [6.45, 7) is 8.16. The fourth-order valence-corrected chi connectivity index (χ4v) is 8.41. The van der Waals surface area contributed by atoms with Crippen molar-refractivity contribution in [1.29, 1.82) is 0 Å². The highest BCUT2D eigenvalue weighted by atomic mass is 16.5. The zero-order chi connectivity index (χ0) is 20.4. The van der Waals surface area contributed by atoms with E-state index in [9.17, 15) is 9.59 Å². The molecule has 0 N–H and O–H groups in total. The molecule has 5 rings (SSSR count). The van der Waals surface area contributed by atoms with Crippen molar-refractivity contribution in [3.05, 3.63) is 22.8 Å². The number of rotatable bonds is 3. The first-order chi connectivity index (χ1) is 13.9. The third-order valence-electron chi connectivity index (χ3n) is 9.85. The Hall–Kier alpha value is -1.22. The molecule has 1 heterocycles. The van der Waals surface area contributed by atoms with E-state index in [2.05, 4.69) is 26.8 Å². The molecule has 158 valence electrons. The van der Waals surface area contributed by atoms with Crippen LogP contribution in [0.15, 0.2) is 22.8 Å². The van der Waals surface area contributed by atoms with Gasteiger partial charge in [-0.15, -0.1) is 0 Å². The van der Waals surface area contributed by atoms with Crippen molar-refractivity contribution >= 4 is 12.6 Å². The number of carbonyl (C=O) groups excluding carboxylic acids is 2. The molecule has 3 nitrogen and oxygen atoms in total. The number of ether oxygens (including phenoxy) is 1. The molecule has 0 spiro atoms. The van der Waals surface area contributed by atoms with Crippen LogP contribution in [-0.2, 0) is 14.3 Å². The number of hydrogen-bond donors (Lipinski definition) is 0. The molecule has 5 aliphatic rings. The zero-order valence-corrected chi connectivity index (χ0v) is 18.3. The Morgan fingerprint density at radius 2 is 1.83 bits per heavy atom. The smallest absolute Gasteiger partial charge is 0.146 e. The molecule has 3 fully saturated rings. The van der Waals surface area contributed by atoms with Crippen LogP contribution in [0.3, 0.4) is 0 Å². The van der Waals surface area contributed by atoms with Crippen molar-refractivity contribution in [2.75, 3.05) is 6.61 Å². The van der Waals surface area contributed by atoms with E-state index in [0.717, 1.165) is 57.0 Å². The lowest BCUT2D eigenvalue weighted by Crippen LogP contribution is -2.52. The molecular weight excluding hydrogens is 360 g/mol. The Labute approximate surface area is 175 Å². The van der Waals surface area contributed by atoms with Gasteiger partial charge in [-0.25, -0.2) is 0 Å². The molecule has 3 unspecified atom stereocenters. The van der Waals surface area contributed by atoms with Gasteiger partial charge in [-0.3, -0.25) is 4.79 Å². The molecule has 8 atom stereocenters. The van der Waals surface area contributed by atoms with E-state index in [1.54, 1.807) is 5.57 Å². The molecule has 0 amide bonds. The Morgan fingerprint density at radius 3 is 2.52 bits per heavy atom. The standard InChI is InChI=1S/C26H36O3/c1-16-11-19-12-17(14-27)6-8-25(19,2)20-7-9-26(3)21(23(16)20)13-18(15-28)24(26)22-5-4-10-29-22/h11,14-17,20-23H,4-10,12-13H2,1-3H3/t16?,17?,20-,21+,22?,23-,25+,26+/m1/s1. The first-order valence-electron chi connectivity index (χ1n) is 11.9. The van der Waals surface area contributed by atoms with E-state index in [0.29, 0.717) is 23.7 Å². The van der Waals surface area contributed by atoms with Gasteiger partial charge in [-0.1, -0.05) is 32.4 Å². The minimum Gasteiger partial charge on any atom is -0.374 e. The van der Waals surface area contributed by atoms with E-state index in [1.807, 2.05) is 0 Å². The fraction of sp³-hybridized carbons (Fsp3) is 0.769. The van der Waals surface area contributed by atoms with Crippen molar-refractivity contribution in [2.24, 2.45) is 40.4 Å². The van der Waals surface area contributed by atoms with Crippen molar-refractivity contribution in [3.63, 3.8) is 0 Å². The van der Waals surface area contributed by atoms with E-state index in [-0.39, 0.29) is 22.9 Å². The van der Waals surface area contributed by atoms with E-state index >= 15 is 0 Å². The first kappa shape index (κ1) is 19.7. The number of allylic oxidation sites excluding steroid dienone is 3. The summed E-state index contributed by atoms with van der Waals surface area (Å²) in [5, 5.41) is 0. The van der Waals surface area contributed by atoms with Crippen LogP contribution in [0.5, 0.6) is 0 Å². The zero-order valence-electron chi connectivity index (χ0n) is 18.3. The summed E-state index contributed by atoms with van der Waals surface area (Å²) in [5.41, 5.74) is 4.33. The Morgan fingerprint density at radius 1 is 1.03 bits per heavy atom. The molecule has 1 saturated heterocycles. The highest BCUT2D eigenvalue weighted by Gasteiger charge is 2.60. The third-order valence-corrected chi connectivity index (χ3v) is 9.85. The normalized spacial score (nSPS) is 49.1. The lowest BCUT2D eigenvalue weighted by atomic mass is 9.45. The molecule has 0 aromatic heterocycles. The highest BCUT2D eigenvalue weighted by Crippen LogP contribution is 2.67. The summed E-state index contributed by atoms with van der Waals surface area (Å²) in [5.74, 6) is 2.60. The Balaban J connectivity index is 1.52. The van der Waals surface area contributed by atoms with Gasteiger partial charge in [0.25, 0.3) is 0 Å². The SMILES string of the molecule is CC1C=C2CC(C=O)CC[C@]2(C)[C@@H]2CC[C@]3(C)C(C4CCCO4)=C(C=O)C[C@H]3[C@H]12. The number of aldehydes is 2. The molecule has 0 aromatic rings. The van der Waals surface area contributed by atoms with Crippen LogP contribution in [0.25, 0.3) is 0 Å². The van der Waals surface area contributed by atoms with Crippen LogP contribution in [0.2, 0.25) is 0 Å². The van der Waals surface area contributed by atoms with Crippen LogP contribution in [0.1, 0.15) is 72.1 Å². The first-order valence-corrected chi connectivity index (χ1v) is 11.9. The maximum absolute atomic E-state index is 12.1. The highest BCUT2D eigenvalue weighted by molar-refractivity contribution is 5.77. The Bertz CT molecular complexity index is 773. The van der Waals surface area contributed by atoms with Gasteiger partial charge in [0, 0.05) is 12.5 Å². The van der Waals surface area contributed by atoms with Gasteiger partial charge in [0.05, 0.1) is 6.10 Å². The molecule has 0 bridgehead atoms. The molecule has 4 aliphatic carbocycles. The van der Waals surface area contributed by atoms with Crippen LogP contribution in [0, 0.1) is 40.4 Å². The van der Waals surface area contributed by atoms with Gasteiger partial charge in [0.2, 0.25) is 0 Å². The lowest BCUT2D eigenvalue weighted by Gasteiger charge is -2.59. The quantitative estimate of drug-likeness (QED) is 0.480. The maximum Gasteiger partial charge on any atom is 0.146 e. The van der Waals surface area contributed by atoms with E-state index in [1.165, 1.54) is 24.7 Å². The second kappa shape index (κ2) is 6.90. The summed E-state index contributed by atoms with van der Waals surface area (Å²) < 4.78 is 6.11. The summed E-state index contributed by atoms with van der Waals surface area (Å²) in [6.07, 6.45) is 13.7. The summed E-state index contributed by atoms with van der Waals surface area (Å²) >= 11 is 0. The van der Waals surface area contributed by atoms with Crippen LogP contribution < -0.4 is 0 Å². The molecule has 29 heavy (non-hydrogen) atoms. The maximum atomic E-state index is 12.1. The number of carbonyl (C=O) groups is 2. The molecule has 1 aliphatic heterocycles. The minimum atomic E-state index is 0.113. The lowest BCUT2D eigenvalue weighted by molar-refractivity contribution is -0.112. The second-order valence-corrected chi connectivity index (χ2v) is 11.1. The third kappa shape index (κ3) is 2.72. The van der Waals surface area contributed by atoms with Gasteiger partial charge >= 0.3 is 0 Å².